The molecule has 0 fully saturated rings. The number of nitrogens with zero attached hydrogens (tertiary/aromatic N) is 1. The first-order valence-corrected chi connectivity index (χ1v) is 9.97. The number of pyridine rings is 1. The first kappa shape index (κ1) is 19.2. The maximum absolute atomic E-state index is 13.1. The summed E-state index contributed by atoms with van der Waals surface area (Å²) in [6.07, 6.45) is 0. The van der Waals surface area contributed by atoms with Gasteiger partial charge in [0.05, 0.1) is 16.8 Å². The van der Waals surface area contributed by atoms with E-state index < -0.39 is 0 Å². The number of nitrogens with one attached hydrogen (secondary N) is 1. The lowest BCUT2D eigenvalue weighted by atomic mass is 10.0. The van der Waals surface area contributed by atoms with E-state index in [2.05, 4.69) is 19.2 Å². The molecule has 4 heteroatoms. The van der Waals surface area contributed by atoms with Crippen molar-refractivity contribution >= 4 is 34.1 Å². The van der Waals surface area contributed by atoms with Gasteiger partial charge in [0.2, 0.25) is 0 Å². The van der Waals surface area contributed by atoms with Gasteiger partial charge in [-0.2, -0.15) is 0 Å². The van der Waals surface area contributed by atoms with Gasteiger partial charge in [-0.15, -0.1) is 0 Å². The third kappa shape index (κ3) is 4.01. The van der Waals surface area contributed by atoms with Crippen molar-refractivity contribution in [3.63, 3.8) is 0 Å². The largest absolute Gasteiger partial charge is 0.322 e. The molecule has 1 amide bonds. The molecular weight excluding hydrogens is 380 g/mol. The van der Waals surface area contributed by atoms with Gasteiger partial charge in [0.15, 0.2) is 0 Å². The third-order valence-corrected chi connectivity index (χ3v) is 5.28. The van der Waals surface area contributed by atoms with Gasteiger partial charge in [-0.3, -0.25) is 4.79 Å². The number of rotatable bonds is 4. The van der Waals surface area contributed by atoms with E-state index in [0.717, 1.165) is 22.2 Å². The van der Waals surface area contributed by atoms with E-state index in [0.29, 0.717) is 22.2 Å². The number of carbonyl (C=O) groups excluding carboxylic acids is 1. The topological polar surface area (TPSA) is 42.0 Å². The summed E-state index contributed by atoms with van der Waals surface area (Å²) in [5, 5.41) is 4.42. The molecule has 0 bridgehead atoms. The van der Waals surface area contributed by atoms with Crippen molar-refractivity contribution in [2.75, 3.05) is 5.32 Å². The smallest absolute Gasteiger partial charge is 0.256 e. The molecule has 1 heterocycles. The van der Waals surface area contributed by atoms with Crippen LogP contribution in [0.2, 0.25) is 5.02 Å². The number of anilines is 1. The summed E-state index contributed by atoms with van der Waals surface area (Å²) in [5.41, 5.74) is 4.80. The minimum absolute atomic E-state index is 0.172. The Labute approximate surface area is 175 Å². The molecule has 1 aromatic heterocycles. The van der Waals surface area contributed by atoms with Crippen LogP contribution >= 0.6 is 11.6 Å². The van der Waals surface area contributed by atoms with E-state index in [9.17, 15) is 4.79 Å². The van der Waals surface area contributed by atoms with Crippen LogP contribution in [0.4, 0.5) is 5.69 Å². The van der Waals surface area contributed by atoms with E-state index in [1.165, 1.54) is 5.56 Å². The lowest BCUT2D eigenvalue weighted by Crippen LogP contribution is -2.13. The third-order valence-electron chi connectivity index (χ3n) is 4.95. The van der Waals surface area contributed by atoms with Gasteiger partial charge in [-0.05, 0) is 41.8 Å². The Bertz CT molecular complexity index is 1180. The molecule has 0 radical (unpaired) electrons. The average molecular weight is 401 g/mol. The number of fused-ring (bicyclic) bond motifs is 1. The molecule has 0 atom stereocenters. The molecule has 144 valence electrons. The van der Waals surface area contributed by atoms with Crippen LogP contribution in [0.5, 0.6) is 0 Å². The van der Waals surface area contributed by atoms with Gasteiger partial charge in [0, 0.05) is 21.7 Å². The summed E-state index contributed by atoms with van der Waals surface area (Å²) in [6, 6.07) is 24.9. The van der Waals surface area contributed by atoms with E-state index in [1.807, 2.05) is 72.8 Å². The van der Waals surface area contributed by atoms with E-state index in [-0.39, 0.29) is 5.91 Å². The Morgan fingerprint density at radius 1 is 0.931 bits per heavy atom. The molecule has 0 saturated carbocycles. The molecular formula is C25H21ClN2O. The second-order valence-corrected chi connectivity index (χ2v) is 7.69. The van der Waals surface area contributed by atoms with E-state index in [1.54, 1.807) is 6.07 Å². The first-order valence-electron chi connectivity index (χ1n) is 9.59. The molecule has 0 aliphatic heterocycles. The van der Waals surface area contributed by atoms with Crippen LogP contribution in [0.3, 0.4) is 0 Å². The highest BCUT2D eigenvalue weighted by Gasteiger charge is 2.15. The molecule has 0 unspecified atom stereocenters. The number of amides is 1. The monoisotopic (exact) mass is 400 g/mol. The Morgan fingerprint density at radius 2 is 1.62 bits per heavy atom. The number of hydrogen-bond donors (Lipinski definition) is 1. The molecule has 3 aromatic carbocycles. The maximum Gasteiger partial charge on any atom is 0.256 e. The molecule has 0 spiro atoms. The quantitative estimate of drug-likeness (QED) is 0.403. The van der Waals surface area contributed by atoms with Crippen molar-refractivity contribution in [2.24, 2.45) is 0 Å². The Morgan fingerprint density at radius 3 is 2.34 bits per heavy atom. The van der Waals surface area contributed by atoms with Crippen LogP contribution in [-0.4, -0.2) is 10.9 Å². The van der Waals surface area contributed by atoms with Crippen molar-refractivity contribution in [3.05, 3.63) is 95.0 Å². The Hall–Kier alpha value is -3.17. The number of carbonyl (C=O) groups is 1. The second-order valence-electron chi connectivity index (χ2n) is 7.28. The number of hydrogen-bond acceptors (Lipinski definition) is 2. The fraction of sp³-hybridized carbons (Fsp3) is 0.120. The highest BCUT2D eigenvalue weighted by Crippen LogP contribution is 2.30. The normalized spacial score (nSPS) is 11.0. The van der Waals surface area contributed by atoms with Gasteiger partial charge in [-0.1, -0.05) is 74.0 Å². The van der Waals surface area contributed by atoms with Crippen molar-refractivity contribution < 1.29 is 4.79 Å². The van der Waals surface area contributed by atoms with Gasteiger partial charge in [0.1, 0.15) is 0 Å². The molecule has 29 heavy (non-hydrogen) atoms. The Kier molecular flexibility index (Phi) is 5.32. The van der Waals surface area contributed by atoms with Crippen molar-refractivity contribution in [1.29, 1.82) is 0 Å². The summed E-state index contributed by atoms with van der Waals surface area (Å²) >= 11 is 6.37. The highest BCUT2D eigenvalue weighted by molar-refractivity contribution is 6.33. The summed E-state index contributed by atoms with van der Waals surface area (Å²) in [4.78, 5) is 17.9. The molecule has 1 N–H and O–H groups in total. The lowest BCUT2D eigenvalue weighted by Gasteiger charge is -2.12. The predicted molar refractivity (Wildman–Crippen MR) is 121 cm³/mol. The Balaban J connectivity index is 1.75. The van der Waals surface area contributed by atoms with Crippen LogP contribution in [0.25, 0.3) is 22.2 Å². The number of halogens is 1. The minimum atomic E-state index is -0.172. The van der Waals surface area contributed by atoms with Crippen LogP contribution in [0.15, 0.2) is 78.9 Å². The standard InChI is InChI=1S/C25H21ClN2O/c1-16(2)17-11-13-18(14-12-17)27-25(29)21-15-24(20-8-3-5-9-22(20)26)28-23-10-6-4-7-19(21)23/h3-16H,1-2H3,(H,27,29). The second kappa shape index (κ2) is 8.06. The van der Waals surface area contributed by atoms with Crippen LogP contribution in [0.1, 0.15) is 35.7 Å². The summed E-state index contributed by atoms with van der Waals surface area (Å²) in [6.45, 7) is 4.29. The van der Waals surface area contributed by atoms with Gasteiger partial charge < -0.3 is 5.32 Å². The van der Waals surface area contributed by atoms with Crippen molar-refractivity contribution in [2.45, 2.75) is 19.8 Å². The lowest BCUT2D eigenvalue weighted by molar-refractivity contribution is 0.102. The first-order chi connectivity index (χ1) is 14.0. The number of aromatic nitrogens is 1. The molecule has 0 aliphatic rings. The van der Waals surface area contributed by atoms with Gasteiger partial charge in [-0.25, -0.2) is 4.98 Å². The van der Waals surface area contributed by atoms with Crippen LogP contribution in [0, 0.1) is 0 Å². The summed E-state index contributed by atoms with van der Waals surface area (Å²) < 4.78 is 0. The average Bonchev–Trinajstić information content (AvgIpc) is 2.73. The molecule has 4 aromatic rings. The zero-order valence-electron chi connectivity index (χ0n) is 16.3. The van der Waals surface area contributed by atoms with E-state index >= 15 is 0 Å². The predicted octanol–water partition coefficient (Wildman–Crippen LogP) is 6.93. The number of benzene rings is 3. The fourth-order valence-electron chi connectivity index (χ4n) is 3.32. The molecule has 0 saturated heterocycles. The van der Waals surface area contributed by atoms with E-state index in [4.69, 9.17) is 16.6 Å². The number of para-hydroxylation sites is 1. The molecule has 0 aliphatic carbocycles. The summed E-state index contributed by atoms with van der Waals surface area (Å²) in [5.74, 6) is 0.274. The zero-order valence-corrected chi connectivity index (χ0v) is 17.1. The van der Waals surface area contributed by atoms with Gasteiger partial charge >= 0.3 is 0 Å². The van der Waals surface area contributed by atoms with Crippen molar-refractivity contribution in [3.8, 4) is 11.3 Å². The molecule has 4 rings (SSSR count). The SMILES string of the molecule is CC(C)c1ccc(NC(=O)c2cc(-c3ccccc3Cl)nc3ccccc23)cc1. The minimum Gasteiger partial charge on any atom is -0.322 e. The maximum atomic E-state index is 13.1. The fourth-order valence-corrected chi connectivity index (χ4v) is 3.55. The van der Waals surface area contributed by atoms with Crippen LogP contribution in [-0.2, 0) is 0 Å². The summed E-state index contributed by atoms with van der Waals surface area (Å²) in [7, 11) is 0. The zero-order chi connectivity index (χ0) is 20.4. The van der Waals surface area contributed by atoms with Crippen molar-refractivity contribution in [1.82, 2.24) is 4.98 Å². The highest BCUT2D eigenvalue weighted by atomic mass is 35.5. The van der Waals surface area contributed by atoms with Crippen LogP contribution < -0.4 is 5.32 Å². The van der Waals surface area contributed by atoms with Gasteiger partial charge in [0.25, 0.3) is 5.91 Å². The molecule has 3 nitrogen and oxygen atoms in total.